The van der Waals surface area contributed by atoms with Crippen LogP contribution in [-0.2, 0) is 0 Å². The van der Waals surface area contributed by atoms with Crippen molar-refractivity contribution in [1.29, 1.82) is 0 Å². The van der Waals surface area contributed by atoms with Gasteiger partial charge in [-0.25, -0.2) is 4.79 Å². The SMILES string of the molecule is O=C(NCC1CCN(C2CC2)C1)NC1CCC(CO)CC1. The molecule has 0 aromatic rings. The fourth-order valence-electron chi connectivity index (χ4n) is 3.76. The maximum Gasteiger partial charge on any atom is 0.315 e. The van der Waals surface area contributed by atoms with E-state index >= 15 is 0 Å². The Hall–Kier alpha value is -0.810. The van der Waals surface area contributed by atoms with Gasteiger partial charge in [-0.2, -0.15) is 0 Å². The largest absolute Gasteiger partial charge is 0.396 e. The minimum Gasteiger partial charge on any atom is -0.396 e. The summed E-state index contributed by atoms with van der Waals surface area (Å²) in [6, 6.07) is 1.14. The number of aliphatic hydroxyl groups is 1. The van der Waals surface area contributed by atoms with E-state index in [2.05, 4.69) is 15.5 Å². The van der Waals surface area contributed by atoms with Crippen LogP contribution in [0.2, 0.25) is 0 Å². The lowest BCUT2D eigenvalue weighted by Crippen LogP contribution is -2.45. The highest BCUT2D eigenvalue weighted by Gasteiger charge is 2.34. The number of rotatable bonds is 5. The quantitative estimate of drug-likeness (QED) is 0.717. The van der Waals surface area contributed by atoms with Gasteiger partial charge >= 0.3 is 6.03 Å². The lowest BCUT2D eigenvalue weighted by atomic mass is 9.87. The average Bonchev–Trinajstić information content (AvgIpc) is 3.25. The van der Waals surface area contributed by atoms with E-state index < -0.39 is 0 Å². The topological polar surface area (TPSA) is 64.6 Å². The Bertz CT molecular complexity index is 351. The maximum atomic E-state index is 12.0. The van der Waals surface area contributed by atoms with E-state index in [1.165, 1.54) is 25.8 Å². The molecule has 2 amide bonds. The summed E-state index contributed by atoms with van der Waals surface area (Å²) in [6.45, 7) is 3.47. The normalized spacial score (nSPS) is 33.9. The molecule has 1 unspecified atom stereocenters. The number of nitrogens with zero attached hydrogens (tertiary/aromatic N) is 1. The van der Waals surface area contributed by atoms with Gasteiger partial charge in [0, 0.05) is 31.8 Å². The van der Waals surface area contributed by atoms with Crippen molar-refractivity contribution < 1.29 is 9.90 Å². The third-order valence-electron chi connectivity index (χ3n) is 5.37. The van der Waals surface area contributed by atoms with E-state index in [4.69, 9.17) is 5.11 Å². The predicted molar refractivity (Wildman–Crippen MR) is 82.1 cm³/mol. The minimum atomic E-state index is -0.00711. The van der Waals surface area contributed by atoms with E-state index in [9.17, 15) is 4.79 Å². The number of carbonyl (C=O) groups is 1. The molecule has 1 heterocycles. The maximum absolute atomic E-state index is 12.0. The molecule has 3 rings (SSSR count). The fraction of sp³-hybridized carbons (Fsp3) is 0.938. The highest BCUT2D eigenvalue weighted by atomic mass is 16.3. The van der Waals surface area contributed by atoms with Gasteiger partial charge < -0.3 is 20.6 Å². The summed E-state index contributed by atoms with van der Waals surface area (Å²) < 4.78 is 0. The number of amides is 2. The van der Waals surface area contributed by atoms with Crippen molar-refractivity contribution >= 4 is 6.03 Å². The van der Waals surface area contributed by atoms with E-state index in [1.54, 1.807) is 0 Å². The Morgan fingerprint density at radius 2 is 1.81 bits per heavy atom. The van der Waals surface area contributed by atoms with Crippen molar-refractivity contribution in [3.05, 3.63) is 0 Å². The molecular formula is C16H29N3O2. The number of aliphatic hydroxyl groups excluding tert-OH is 1. The Balaban J connectivity index is 1.30. The lowest BCUT2D eigenvalue weighted by molar-refractivity contribution is 0.174. The van der Waals surface area contributed by atoms with Gasteiger partial charge in [-0.1, -0.05) is 0 Å². The molecule has 3 fully saturated rings. The van der Waals surface area contributed by atoms with Gasteiger partial charge in [-0.05, 0) is 63.3 Å². The van der Waals surface area contributed by atoms with Gasteiger partial charge in [0.05, 0.1) is 0 Å². The van der Waals surface area contributed by atoms with Crippen molar-refractivity contribution in [3.63, 3.8) is 0 Å². The van der Waals surface area contributed by atoms with Crippen molar-refractivity contribution in [3.8, 4) is 0 Å². The second-order valence-corrected chi connectivity index (χ2v) is 7.14. The van der Waals surface area contributed by atoms with Gasteiger partial charge in [0.2, 0.25) is 0 Å². The van der Waals surface area contributed by atoms with Gasteiger partial charge in [-0.15, -0.1) is 0 Å². The molecule has 0 radical (unpaired) electrons. The second kappa shape index (κ2) is 6.97. The summed E-state index contributed by atoms with van der Waals surface area (Å²) in [5.74, 6) is 1.07. The molecule has 0 bridgehead atoms. The zero-order valence-electron chi connectivity index (χ0n) is 12.9. The molecule has 0 spiro atoms. The molecule has 0 aromatic heterocycles. The summed E-state index contributed by atoms with van der Waals surface area (Å²) in [4.78, 5) is 14.5. The Morgan fingerprint density at radius 1 is 1.05 bits per heavy atom. The summed E-state index contributed by atoms with van der Waals surface area (Å²) in [5.41, 5.74) is 0. The van der Waals surface area contributed by atoms with Gasteiger partial charge in [0.15, 0.2) is 0 Å². The second-order valence-electron chi connectivity index (χ2n) is 7.14. The van der Waals surface area contributed by atoms with E-state index in [0.717, 1.165) is 44.8 Å². The number of likely N-dealkylation sites (tertiary alicyclic amines) is 1. The smallest absolute Gasteiger partial charge is 0.315 e. The van der Waals surface area contributed by atoms with Crippen LogP contribution in [0, 0.1) is 11.8 Å². The van der Waals surface area contributed by atoms with E-state index in [1.807, 2.05) is 0 Å². The molecule has 1 aliphatic heterocycles. The van der Waals surface area contributed by atoms with Crippen LogP contribution in [0.25, 0.3) is 0 Å². The highest BCUT2D eigenvalue weighted by molar-refractivity contribution is 5.74. The zero-order chi connectivity index (χ0) is 14.7. The molecule has 0 aromatic carbocycles. The minimum absolute atomic E-state index is 0.00711. The van der Waals surface area contributed by atoms with E-state index in [0.29, 0.717) is 17.9 Å². The third-order valence-corrected chi connectivity index (χ3v) is 5.37. The number of hydrogen-bond donors (Lipinski definition) is 3. The van der Waals surface area contributed by atoms with E-state index in [-0.39, 0.29) is 12.6 Å². The van der Waals surface area contributed by atoms with Crippen LogP contribution in [0.3, 0.4) is 0 Å². The van der Waals surface area contributed by atoms with Gasteiger partial charge in [-0.3, -0.25) is 0 Å². The van der Waals surface area contributed by atoms with Crippen LogP contribution >= 0.6 is 0 Å². The number of carbonyl (C=O) groups excluding carboxylic acids is 1. The van der Waals surface area contributed by atoms with Crippen molar-refractivity contribution in [1.82, 2.24) is 15.5 Å². The first-order chi connectivity index (χ1) is 10.2. The summed E-state index contributed by atoms with van der Waals surface area (Å²) in [5, 5.41) is 15.3. The number of urea groups is 1. The van der Waals surface area contributed by atoms with Crippen LogP contribution in [0.15, 0.2) is 0 Å². The summed E-state index contributed by atoms with van der Waals surface area (Å²) in [6.07, 6.45) is 8.02. The molecule has 2 aliphatic carbocycles. The van der Waals surface area contributed by atoms with Crippen molar-refractivity contribution in [2.75, 3.05) is 26.2 Å². The first-order valence-electron chi connectivity index (χ1n) is 8.64. The molecule has 120 valence electrons. The zero-order valence-corrected chi connectivity index (χ0v) is 12.9. The standard InChI is InChI=1S/C16H29N3O2/c20-11-12-1-3-14(4-2-12)18-16(21)17-9-13-7-8-19(10-13)15-5-6-15/h12-15,20H,1-11H2,(H2,17,18,21). The predicted octanol–water partition coefficient (Wildman–Crippen LogP) is 1.32. The Kier molecular flexibility index (Phi) is 5.01. The van der Waals surface area contributed by atoms with Crippen LogP contribution in [0.1, 0.15) is 44.9 Å². The molecule has 1 atom stereocenters. The number of hydrogen-bond acceptors (Lipinski definition) is 3. The Morgan fingerprint density at radius 3 is 2.48 bits per heavy atom. The third kappa shape index (κ3) is 4.33. The molecule has 5 nitrogen and oxygen atoms in total. The molecule has 1 saturated heterocycles. The lowest BCUT2D eigenvalue weighted by Gasteiger charge is -2.28. The fourth-order valence-corrected chi connectivity index (χ4v) is 3.76. The Labute approximate surface area is 127 Å². The molecule has 3 N–H and O–H groups in total. The van der Waals surface area contributed by atoms with Crippen LogP contribution < -0.4 is 10.6 Å². The molecule has 3 aliphatic rings. The number of nitrogens with one attached hydrogen (secondary N) is 2. The molecule has 5 heteroatoms. The van der Waals surface area contributed by atoms with Crippen molar-refractivity contribution in [2.24, 2.45) is 11.8 Å². The summed E-state index contributed by atoms with van der Waals surface area (Å²) in [7, 11) is 0. The van der Waals surface area contributed by atoms with Crippen molar-refractivity contribution in [2.45, 2.75) is 57.0 Å². The van der Waals surface area contributed by atoms with Crippen LogP contribution in [0.4, 0.5) is 4.79 Å². The monoisotopic (exact) mass is 295 g/mol. The molecular weight excluding hydrogens is 266 g/mol. The van der Waals surface area contributed by atoms with Gasteiger partial charge in [0.1, 0.15) is 0 Å². The first kappa shape index (κ1) is 15.1. The highest BCUT2D eigenvalue weighted by Crippen LogP contribution is 2.31. The molecule has 21 heavy (non-hydrogen) atoms. The van der Waals surface area contributed by atoms with Crippen LogP contribution in [-0.4, -0.2) is 54.4 Å². The van der Waals surface area contributed by atoms with Gasteiger partial charge in [0.25, 0.3) is 0 Å². The first-order valence-corrected chi connectivity index (χ1v) is 8.64. The summed E-state index contributed by atoms with van der Waals surface area (Å²) >= 11 is 0. The average molecular weight is 295 g/mol. The van der Waals surface area contributed by atoms with Crippen LogP contribution in [0.5, 0.6) is 0 Å². The molecule has 2 saturated carbocycles.